The van der Waals surface area contributed by atoms with Crippen molar-refractivity contribution < 1.29 is 33.1 Å². The van der Waals surface area contributed by atoms with Crippen LogP contribution >= 0.6 is 7.82 Å². The Hall–Kier alpha value is -2.61. The zero-order valence-corrected chi connectivity index (χ0v) is 18.0. The van der Waals surface area contributed by atoms with Gasteiger partial charge in [-0.05, 0) is 6.92 Å². The van der Waals surface area contributed by atoms with Gasteiger partial charge in [-0.3, -0.25) is 28.2 Å². The molecule has 0 aliphatic carbocycles. The number of aromatic nitrogens is 4. The fourth-order valence-corrected chi connectivity index (χ4v) is 4.00. The molecular weight excluding hydrogens is 449 g/mol. The third-order valence-corrected chi connectivity index (χ3v) is 5.71. The van der Waals surface area contributed by atoms with E-state index in [1.54, 1.807) is 6.20 Å². The number of aromatic amines is 2. The summed E-state index contributed by atoms with van der Waals surface area (Å²) in [5.41, 5.74) is -0.220. The first kappa shape index (κ1) is 24.0. The maximum atomic E-state index is 12.3. The fourth-order valence-electron chi connectivity index (χ4n) is 3.10. The van der Waals surface area contributed by atoms with Gasteiger partial charge in [0, 0.05) is 43.0 Å². The lowest BCUT2D eigenvalue weighted by atomic mass is 10.2. The van der Waals surface area contributed by atoms with Crippen molar-refractivity contribution in [2.45, 2.75) is 38.2 Å². The molecule has 1 amide bonds. The predicted molar refractivity (Wildman–Crippen MR) is 108 cm³/mol. The van der Waals surface area contributed by atoms with Crippen LogP contribution in [0.1, 0.15) is 23.9 Å². The number of imidazole rings is 1. The molecule has 0 radical (unpaired) electrons. The van der Waals surface area contributed by atoms with Gasteiger partial charge in [-0.2, -0.15) is 0 Å². The summed E-state index contributed by atoms with van der Waals surface area (Å²) in [7, 11) is -4.69. The topological polar surface area (TPSA) is 198 Å². The van der Waals surface area contributed by atoms with Crippen LogP contribution in [0.5, 0.6) is 0 Å². The van der Waals surface area contributed by atoms with Gasteiger partial charge >= 0.3 is 13.5 Å². The van der Waals surface area contributed by atoms with E-state index < -0.39 is 56.6 Å². The van der Waals surface area contributed by atoms with E-state index in [2.05, 4.69) is 20.3 Å². The van der Waals surface area contributed by atoms with E-state index in [1.807, 2.05) is 0 Å². The van der Waals surface area contributed by atoms with Crippen molar-refractivity contribution in [2.75, 3.05) is 19.8 Å². The number of rotatable bonds is 10. The Kier molecular flexibility index (Phi) is 7.77. The number of phosphoric acid groups is 1. The molecule has 5 N–H and O–H groups in total. The highest BCUT2D eigenvalue weighted by molar-refractivity contribution is 7.47. The fraction of sp³-hybridized carbons (Fsp3) is 0.529. The summed E-state index contributed by atoms with van der Waals surface area (Å²) < 4.78 is 28.7. The minimum Gasteiger partial charge on any atom is -0.394 e. The summed E-state index contributed by atoms with van der Waals surface area (Å²) in [4.78, 5) is 54.2. The average Bonchev–Trinajstić information content (AvgIpc) is 3.39. The highest BCUT2D eigenvalue weighted by atomic mass is 31.2. The molecule has 2 aromatic rings. The first-order valence-electron chi connectivity index (χ1n) is 9.66. The minimum atomic E-state index is -4.69. The van der Waals surface area contributed by atoms with Crippen molar-refractivity contribution in [3.8, 4) is 0 Å². The van der Waals surface area contributed by atoms with Crippen molar-refractivity contribution in [2.24, 2.45) is 0 Å². The molecule has 1 aliphatic heterocycles. The number of hydrogen-bond acceptors (Lipinski definition) is 9. The van der Waals surface area contributed by atoms with Crippen LogP contribution in [0.25, 0.3) is 0 Å². The Morgan fingerprint density at radius 1 is 1.47 bits per heavy atom. The molecule has 15 heteroatoms. The van der Waals surface area contributed by atoms with Crippen LogP contribution in [-0.4, -0.2) is 67.4 Å². The summed E-state index contributed by atoms with van der Waals surface area (Å²) in [6.45, 7) is 0.471. The number of H-pyrrole nitrogens is 2. The number of amides is 1. The van der Waals surface area contributed by atoms with E-state index >= 15 is 0 Å². The Morgan fingerprint density at radius 2 is 2.25 bits per heavy atom. The Balaban J connectivity index is 1.53. The van der Waals surface area contributed by atoms with Gasteiger partial charge < -0.3 is 25.0 Å². The molecule has 1 fully saturated rings. The molecule has 1 unspecified atom stereocenters. The van der Waals surface area contributed by atoms with Crippen LogP contribution in [0.15, 0.2) is 28.3 Å². The second-order valence-electron chi connectivity index (χ2n) is 7.09. The monoisotopic (exact) mass is 473 g/mol. The Morgan fingerprint density at radius 3 is 2.94 bits per heavy atom. The highest BCUT2D eigenvalue weighted by Gasteiger charge is 2.41. The first-order chi connectivity index (χ1) is 15.2. The van der Waals surface area contributed by atoms with Crippen molar-refractivity contribution in [1.29, 1.82) is 0 Å². The second-order valence-corrected chi connectivity index (χ2v) is 8.49. The summed E-state index contributed by atoms with van der Waals surface area (Å²) in [5.74, 6) is -0.628. The van der Waals surface area contributed by atoms with Gasteiger partial charge in [-0.25, -0.2) is 14.3 Å². The Bertz CT molecular complexity index is 1080. The maximum absolute atomic E-state index is 12.3. The van der Waals surface area contributed by atoms with E-state index in [9.17, 15) is 28.9 Å². The van der Waals surface area contributed by atoms with Gasteiger partial charge in [-0.15, -0.1) is 0 Å². The molecule has 1 saturated heterocycles. The number of nitrogens with one attached hydrogen (secondary N) is 3. The summed E-state index contributed by atoms with van der Waals surface area (Å²) in [6, 6.07) is 0. The van der Waals surface area contributed by atoms with Crippen molar-refractivity contribution >= 4 is 13.7 Å². The lowest BCUT2D eigenvalue weighted by molar-refractivity contribution is -0.123. The number of carbonyl (C=O) groups is 1. The highest BCUT2D eigenvalue weighted by Crippen LogP contribution is 2.48. The summed E-state index contributed by atoms with van der Waals surface area (Å²) >= 11 is 0. The number of hydrogen-bond donors (Lipinski definition) is 5. The molecule has 0 saturated carbocycles. The first-order valence-corrected chi connectivity index (χ1v) is 11.2. The van der Waals surface area contributed by atoms with Gasteiger partial charge in [0.15, 0.2) is 0 Å². The smallest absolute Gasteiger partial charge is 0.394 e. The zero-order chi connectivity index (χ0) is 23.3. The molecule has 3 heterocycles. The average molecular weight is 473 g/mol. The molecule has 4 atom stereocenters. The SMILES string of the molecule is Cc1cn([C@H]2C[C@H](OP(=O)(O)OCC(=O)NCCc3cnc[nH]3)[C@@H](CO)O2)c(=O)[nH]c1=O. The van der Waals surface area contributed by atoms with Crippen LogP contribution in [0.2, 0.25) is 0 Å². The third-order valence-electron chi connectivity index (χ3n) is 4.72. The maximum Gasteiger partial charge on any atom is 0.473 e. The molecule has 14 nitrogen and oxygen atoms in total. The number of aryl methyl sites for hydroxylation is 1. The van der Waals surface area contributed by atoms with Crippen molar-refractivity contribution in [3.05, 3.63) is 50.8 Å². The number of aliphatic hydroxyl groups is 1. The number of carbonyl (C=O) groups excluding carboxylic acids is 1. The summed E-state index contributed by atoms with van der Waals surface area (Å²) in [5, 5.41) is 12.0. The van der Waals surface area contributed by atoms with Crippen LogP contribution < -0.4 is 16.6 Å². The lowest BCUT2D eigenvalue weighted by Crippen LogP contribution is -2.33. The molecule has 1 aliphatic rings. The lowest BCUT2D eigenvalue weighted by Gasteiger charge is -2.19. The predicted octanol–water partition coefficient (Wildman–Crippen LogP) is -1.29. The third kappa shape index (κ3) is 6.22. The standard InChI is InChI=1S/C17H24N5O9P/c1-10-6-22(17(26)21-16(10)25)15-4-12(13(7-23)30-15)31-32(27,28)29-8-14(24)19-3-2-11-5-18-9-20-11/h5-6,9,12-13,15,23H,2-4,7-8H2,1H3,(H,18,20)(H,19,24)(H,27,28)(H,21,25,26)/t12-,13+,15+/m0/s1. The molecule has 176 valence electrons. The number of nitrogens with zero attached hydrogens (tertiary/aromatic N) is 2. The van der Waals surface area contributed by atoms with E-state index in [4.69, 9.17) is 13.8 Å². The second kappa shape index (κ2) is 10.3. The van der Waals surface area contributed by atoms with E-state index in [0.717, 1.165) is 10.3 Å². The van der Waals surface area contributed by atoms with Gasteiger partial charge in [0.2, 0.25) is 5.91 Å². The summed E-state index contributed by atoms with van der Waals surface area (Å²) in [6.07, 6.45) is 1.70. The van der Waals surface area contributed by atoms with Gasteiger partial charge in [-0.1, -0.05) is 0 Å². The van der Waals surface area contributed by atoms with Gasteiger partial charge in [0.05, 0.1) is 12.9 Å². The molecule has 2 aromatic heterocycles. The number of ether oxygens (including phenoxy) is 1. The quantitative estimate of drug-likeness (QED) is 0.259. The normalized spacial score (nSPS) is 22.5. The molecule has 3 rings (SSSR count). The van der Waals surface area contributed by atoms with Crippen molar-refractivity contribution in [1.82, 2.24) is 24.8 Å². The zero-order valence-electron chi connectivity index (χ0n) is 17.1. The number of aliphatic hydroxyl groups excluding tert-OH is 1. The van der Waals surface area contributed by atoms with Crippen LogP contribution in [-0.2, 0) is 29.6 Å². The van der Waals surface area contributed by atoms with Crippen LogP contribution in [0.3, 0.4) is 0 Å². The molecule has 0 bridgehead atoms. The van der Waals surface area contributed by atoms with Crippen LogP contribution in [0.4, 0.5) is 0 Å². The van der Waals surface area contributed by atoms with E-state index in [0.29, 0.717) is 6.42 Å². The molecule has 0 aromatic carbocycles. The van der Waals surface area contributed by atoms with E-state index in [-0.39, 0.29) is 18.5 Å². The Labute approximate surface area is 181 Å². The molecule has 0 spiro atoms. The molecule has 32 heavy (non-hydrogen) atoms. The van der Waals surface area contributed by atoms with Gasteiger partial charge in [0.1, 0.15) is 25.0 Å². The minimum absolute atomic E-state index is 0.0824. The number of phosphoric ester groups is 1. The van der Waals surface area contributed by atoms with E-state index in [1.165, 1.54) is 19.4 Å². The molecular formula is C17H24N5O9P. The van der Waals surface area contributed by atoms with Gasteiger partial charge in [0.25, 0.3) is 5.56 Å². The largest absolute Gasteiger partial charge is 0.473 e. The van der Waals surface area contributed by atoms with Crippen molar-refractivity contribution in [3.63, 3.8) is 0 Å². The van der Waals surface area contributed by atoms with Crippen LogP contribution in [0, 0.1) is 6.92 Å².